The highest BCUT2D eigenvalue weighted by molar-refractivity contribution is 5.41. The van der Waals surface area contributed by atoms with Crippen LogP contribution in [0.2, 0.25) is 0 Å². The van der Waals surface area contributed by atoms with Crippen molar-refractivity contribution < 1.29 is 4.39 Å². The van der Waals surface area contributed by atoms with Crippen molar-refractivity contribution in [1.29, 1.82) is 0 Å². The van der Waals surface area contributed by atoms with E-state index in [-0.39, 0.29) is 11.2 Å². The van der Waals surface area contributed by atoms with Gasteiger partial charge in [-0.1, -0.05) is 6.07 Å². The summed E-state index contributed by atoms with van der Waals surface area (Å²) in [6, 6.07) is 6.05. The highest BCUT2D eigenvalue weighted by atomic mass is 19.1. The molecule has 2 saturated heterocycles. The van der Waals surface area contributed by atoms with Gasteiger partial charge in [-0.25, -0.2) is 19.3 Å². The molecule has 2 aliphatic rings. The molecule has 0 saturated carbocycles. The molecule has 5 nitrogen and oxygen atoms in total. The molecule has 23 heavy (non-hydrogen) atoms. The first-order valence-corrected chi connectivity index (χ1v) is 8.13. The van der Waals surface area contributed by atoms with E-state index in [1.807, 2.05) is 18.3 Å². The van der Waals surface area contributed by atoms with Crippen LogP contribution in [0.1, 0.15) is 19.3 Å². The Bertz CT molecular complexity index is 662. The van der Waals surface area contributed by atoms with Crippen molar-refractivity contribution in [1.82, 2.24) is 15.0 Å². The van der Waals surface area contributed by atoms with Crippen LogP contribution in [-0.2, 0) is 0 Å². The van der Waals surface area contributed by atoms with Crippen molar-refractivity contribution in [2.75, 3.05) is 36.0 Å². The quantitative estimate of drug-likeness (QED) is 0.852. The topological polar surface area (TPSA) is 45.2 Å². The Morgan fingerprint density at radius 1 is 0.957 bits per heavy atom. The van der Waals surface area contributed by atoms with Crippen molar-refractivity contribution >= 4 is 11.8 Å². The van der Waals surface area contributed by atoms with Gasteiger partial charge in [0.1, 0.15) is 5.82 Å². The molecular formula is C17H20FN5. The van der Waals surface area contributed by atoms with Gasteiger partial charge >= 0.3 is 0 Å². The Kier molecular flexibility index (Phi) is 3.59. The Labute approximate surface area is 135 Å². The minimum Gasteiger partial charge on any atom is -0.356 e. The molecule has 0 radical (unpaired) electrons. The average molecular weight is 313 g/mol. The zero-order chi connectivity index (χ0) is 15.7. The highest BCUT2D eigenvalue weighted by Gasteiger charge is 2.42. The van der Waals surface area contributed by atoms with Crippen LogP contribution in [0.5, 0.6) is 0 Å². The summed E-state index contributed by atoms with van der Waals surface area (Å²) >= 11 is 0. The number of piperidine rings is 1. The molecular weight excluding hydrogens is 293 g/mol. The highest BCUT2D eigenvalue weighted by Crippen LogP contribution is 2.40. The van der Waals surface area contributed by atoms with Crippen LogP contribution < -0.4 is 9.80 Å². The number of rotatable bonds is 2. The van der Waals surface area contributed by atoms with Crippen LogP contribution in [0.15, 0.2) is 36.8 Å². The number of halogens is 1. The Balaban J connectivity index is 1.50. The van der Waals surface area contributed by atoms with Gasteiger partial charge in [-0.2, -0.15) is 0 Å². The van der Waals surface area contributed by atoms with Gasteiger partial charge in [-0.15, -0.1) is 0 Å². The molecule has 0 amide bonds. The lowest BCUT2D eigenvalue weighted by molar-refractivity contribution is 0.262. The van der Waals surface area contributed by atoms with Crippen LogP contribution in [0, 0.1) is 11.2 Å². The van der Waals surface area contributed by atoms with Crippen LogP contribution >= 0.6 is 0 Å². The molecule has 6 heteroatoms. The lowest BCUT2D eigenvalue weighted by Crippen LogP contribution is -2.45. The second-order valence-corrected chi connectivity index (χ2v) is 6.59. The number of nitrogens with zero attached hydrogens (tertiary/aromatic N) is 5. The van der Waals surface area contributed by atoms with E-state index >= 15 is 0 Å². The second-order valence-electron chi connectivity index (χ2n) is 6.59. The number of aromatic nitrogens is 3. The summed E-state index contributed by atoms with van der Waals surface area (Å²) in [5.41, 5.74) is 0.257. The molecule has 4 rings (SSSR count). The van der Waals surface area contributed by atoms with Gasteiger partial charge in [0.25, 0.3) is 0 Å². The first-order valence-electron chi connectivity index (χ1n) is 8.13. The maximum absolute atomic E-state index is 13.0. The fourth-order valence-corrected chi connectivity index (χ4v) is 3.85. The van der Waals surface area contributed by atoms with E-state index in [1.54, 1.807) is 0 Å². The smallest absolute Gasteiger partial charge is 0.225 e. The normalized spacial score (nSPS) is 24.4. The molecule has 0 N–H and O–H groups in total. The maximum atomic E-state index is 13.0. The van der Waals surface area contributed by atoms with E-state index < -0.39 is 0 Å². The monoisotopic (exact) mass is 313 g/mol. The van der Waals surface area contributed by atoms with Gasteiger partial charge in [0.05, 0.1) is 12.4 Å². The molecule has 0 aliphatic carbocycles. The van der Waals surface area contributed by atoms with Crippen LogP contribution in [0.4, 0.5) is 16.2 Å². The van der Waals surface area contributed by atoms with E-state index in [2.05, 4.69) is 30.8 Å². The largest absolute Gasteiger partial charge is 0.356 e. The predicted octanol–water partition coefficient (Wildman–Crippen LogP) is 2.51. The number of hydrogen-bond donors (Lipinski definition) is 0. The van der Waals surface area contributed by atoms with Crippen molar-refractivity contribution in [2.24, 2.45) is 5.41 Å². The van der Waals surface area contributed by atoms with Gasteiger partial charge in [0, 0.05) is 37.8 Å². The van der Waals surface area contributed by atoms with Gasteiger partial charge in [0.2, 0.25) is 5.95 Å². The van der Waals surface area contributed by atoms with E-state index in [1.165, 1.54) is 18.8 Å². The molecule has 4 heterocycles. The third-order valence-electron chi connectivity index (χ3n) is 4.96. The maximum Gasteiger partial charge on any atom is 0.225 e. The van der Waals surface area contributed by atoms with Crippen molar-refractivity contribution in [3.05, 3.63) is 42.6 Å². The SMILES string of the molecule is Fc1cnc(N2CCCC3(CCN(c4ccccn4)C3)C2)nc1. The fraction of sp³-hybridized carbons (Fsp3) is 0.471. The molecule has 120 valence electrons. The van der Waals surface area contributed by atoms with Crippen LogP contribution in [0.25, 0.3) is 0 Å². The predicted molar refractivity (Wildman–Crippen MR) is 86.9 cm³/mol. The first kappa shape index (κ1) is 14.4. The molecule has 2 aromatic heterocycles. The third-order valence-corrected chi connectivity index (χ3v) is 4.96. The molecule has 1 unspecified atom stereocenters. The van der Waals surface area contributed by atoms with Gasteiger partial charge in [-0.05, 0) is 31.4 Å². The summed E-state index contributed by atoms with van der Waals surface area (Å²) in [6.45, 7) is 3.93. The number of anilines is 2. The number of hydrogen-bond acceptors (Lipinski definition) is 5. The van der Waals surface area contributed by atoms with E-state index in [4.69, 9.17) is 0 Å². The van der Waals surface area contributed by atoms with E-state index in [9.17, 15) is 4.39 Å². The van der Waals surface area contributed by atoms with Crippen molar-refractivity contribution in [3.8, 4) is 0 Å². The summed E-state index contributed by atoms with van der Waals surface area (Å²) < 4.78 is 13.0. The summed E-state index contributed by atoms with van der Waals surface area (Å²) in [4.78, 5) is 17.3. The lowest BCUT2D eigenvalue weighted by Gasteiger charge is -2.40. The van der Waals surface area contributed by atoms with E-state index in [0.29, 0.717) is 5.95 Å². The summed E-state index contributed by atoms with van der Waals surface area (Å²) in [7, 11) is 0. The Morgan fingerprint density at radius 2 is 1.78 bits per heavy atom. The fourth-order valence-electron chi connectivity index (χ4n) is 3.85. The van der Waals surface area contributed by atoms with Crippen molar-refractivity contribution in [3.63, 3.8) is 0 Å². The molecule has 2 aliphatic heterocycles. The van der Waals surface area contributed by atoms with E-state index in [0.717, 1.165) is 44.8 Å². The molecule has 1 atom stereocenters. The second kappa shape index (κ2) is 5.76. The minimum atomic E-state index is -0.386. The summed E-state index contributed by atoms with van der Waals surface area (Å²) in [5.74, 6) is 1.31. The van der Waals surface area contributed by atoms with Gasteiger partial charge in [-0.3, -0.25) is 0 Å². The molecule has 1 spiro atoms. The van der Waals surface area contributed by atoms with Gasteiger partial charge in [0.15, 0.2) is 5.82 Å². The van der Waals surface area contributed by atoms with Crippen LogP contribution in [0.3, 0.4) is 0 Å². The summed E-state index contributed by atoms with van der Waals surface area (Å²) in [5, 5.41) is 0. The third kappa shape index (κ3) is 2.85. The Morgan fingerprint density at radius 3 is 2.57 bits per heavy atom. The average Bonchev–Trinajstić information content (AvgIpc) is 3.00. The number of pyridine rings is 1. The first-order chi connectivity index (χ1) is 11.2. The van der Waals surface area contributed by atoms with Crippen LogP contribution in [-0.4, -0.2) is 41.1 Å². The molecule has 0 bridgehead atoms. The minimum absolute atomic E-state index is 0.257. The van der Waals surface area contributed by atoms with Gasteiger partial charge < -0.3 is 9.80 Å². The standard InChI is InChI=1S/C17H20FN5/c18-14-10-20-16(21-11-14)23-8-3-5-17(13-23)6-9-22(12-17)15-4-1-2-7-19-15/h1-2,4,7,10-11H,3,5-6,8-9,12-13H2. The van der Waals surface area contributed by atoms with Crippen molar-refractivity contribution in [2.45, 2.75) is 19.3 Å². The Hall–Kier alpha value is -2.24. The molecule has 0 aromatic carbocycles. The lowest BCUT2D eigenvalue weighted by atomic mass is 9.79. The molecule has 2 aromatic rings. The zero-order valence-electron chi connectivity index (χ0n) is 13.0. The molecule has 2 fully saturated rings. The summed E-state index contributed by atoms with van der Waals surface area (Å²) in [6.07, 6.45) is 7.84. The zero-order valence-corrected chi connectivity index (χ0v) is 13.0.